The predicted molar refractivity (Wildman–Crippen MR) is 143 cm³/mol. The smallest absolute Gasteiger partial charge is 0.260 e. The zero-order valence-corrected chi connectivity index (χ0v) is 22.1. The molecule has 0 unspecified atom stereocenters. The Balaban J connectivity index is 1.45. The summed E-state index contributed by atoms with van der Waals surface area (Å²) in [5.74, 6) is 0.250. The molecule has 3 heterocycles. The number of anilines is 1. The molecule has 2 aromatic carbocycles. The van der Waals surface area contributed by atoms with Crippen molar-refractivity contribution in [2.75, 3.05) is 18.0 Å². The maximum Gasteiger partial charge on any atom is 0.260 e. The van der Waals surface area contributed by atoms with E-state index >= 15 is 0 Å². The summed E-state index contributed by atoms with van der Waals surface area (Å²) in [6.45, 7) is 3.45. The molecule has 1 aliphatic heterocycles. The first-order chi connectivity index (χ1) is 17.3. The van der Waals surface area contributed by atoms with Crippen LogP contribution in [0.2, 0.25) is 5.02 Å². The second-order valence-corrected chi connectivity index (χ2v) is 12.4. The van der Waals surface area contributed by atoms with Gasteiger partial charge in [0.2, 0.25) is 10.0 Å². The highest BCUT2D eigenvalue weighted by molar-refractivity contribution is 7.89. The minimum Gasteiger partial charge on any atom is -0.279 e. The van der Waals surface area contributed by atoms with Crippen molar-refractivity contribution in [2.45, 2.75) is 31.2 Å². The minimum absolute atomic E-state index is 0.196. The molecule has 0 saturated carbocycles. The molecule has 7 nitrogen and oxygen atoms in total. The van der Waals surface area contributed by atoms with Gasteiger partial charge in [0, 0.05) is 36.1 Å². The lowest BCUT2D eigenvalue weighted by Crippen LogP contribution is -2.37. The van der Waals surface area contributed by atoms with E-state index < -0.39 is 10.0 Å². The Hall–Kier alpha value is -2.85. The number of hydrogen-bond acceptors (Lipinski definition) is 6. The van der Waals surface area contributed by atoms with Gasteiger partial charge in [-0.15, -0.1) is 0 Å². The Morgan fingerprint density at radius 2 is 1.89 bits per heavy atom. The number of rotatable bonds is 6. The molecule has 0 bridgehead atoms. The SMILES string of the molecule is CC1CCN(S(=O)(=O)c2ccc(C(=O)N(Cc3cccnc3)c3nc4ccc(Cl)cc4s3)cc2)CC1. The van der Waals surface area contributed by atoms with E-state index in [1.54, 1.807) is 35.5 Å². The van der Waals surface area contributed by atoms with Crippen LogP contribution in [0.25, 0.3) is 10.2 Å². The molecule has 5 rings (SSSR count). The van der Waals surface area contributed by atoms with Gasteiger partial charge >= 0.3 is 0 Å². The standard InChI is InChI=1S/C26H25ClN4O3S2/c1-18-10-13-30(14-11-18)36(33,34)22-7-4-20(5-8-22)25(32)31(17-19-3-2-12-28-16-19)26-29-23-9-6-21(27)15-24(23)35-26/h2-9,12,15-16,18H,10-11,13-14,17H2,1H3. The summed E-state index contributed by atoms with van der Waals surface area (Å²) >= 11 is 7.52. The van der Waals surface area contributed by atoms with E-state index in [0.717, 1.165) is 28.6 Å². The molecule has 0 aliphatic carbocycles. The average molecular weight is 541 g/mol. The van der Waals surface area contributed by atoms with Crippen molar-refractivity contribution in [1.29, 1.82) is 0 Å². The molecular formula is C26H25ClN4O3S2. The molecular weight excluding hydrogens is 516 g/mol. The molecule has 4 aromatic rings. The highest BCUT2D eigenvalue weighted by Crippen LogP contribution is 2.33. The van der Waals surface area contributed by atoms with Crippen LogP contribution in [0.1, 0.15) is 35.7 Å². The van der Waals surface area contributed by atoms with Crippen LogP contribution in [0.3, 0.4) is 0 Å². The summed E-state index contributed by atoms with van der Waals surface area (Å²) in [6.07, 6.45) is 5.09. The molecule has 36 heavy (non-hydrogen) atoms. The number of aromatic nitrogens is 2. The second-order valence-electron chi connectivity index (χ2n) is 8.97. The number of fused-ring (bicyclic) bond motifs is 1. The van der Waals surface area contributed by atoms with Crippen molar-refractivity contribution in [3.63, 3.8) is 0 Å². The minimum atomic E-state index is -3.59. The van der Waals surface area contributed by atoms with Crippen molar-refractivity contribution in [2.24, 2.45) is 5.92 Å². The van der Waals surface area contributed by atoms with Gasteiger partial charge in [-0.1, -0.05) is 35.9 Å². The van der Waals surface area contributed by atoms with Crippen LogP contribution >= 0.6 is 22.9 Å². The van der Waals surface area contributed by atoms with E-state index in [1.807, 2.05) is 24.3 Å². The molecule has 0 radical (unpaired) electrons. The third kappa shape index (κ3) is 5.15. The molecule has 1 aliphatic rings. The number of nitrogens with zero attached hydrogens (tertiary/aromatic N) is 4. The third-order valence-electron chi connectivity index (χ3n) is 6.36. The maximum atomic E-state index is 13.7. The van der Waals surface area contributed by atoms with Gasteiger partial charge < -0.3 is 0 Å². The Morgan fingerprint density at radius 3 is 2.58 bits per heavy atom. The maximum absolute atomic E-state index is 13.7. The van der Waals surface area contributed by atoms with Crippen molar-refractivity contribution < 1.29 is 13.2 Å². The topological polar surface area (TPSA) is 83.5 Å². The van der Waals surface area contributed by atoms with Crippen LogP contribution in [-0.4, -0.2) is 41.7 Å². The molecule has 2 aromatic heterocycles. The number of hydrogen-bond donors (Lipinski definition) is 0. The van der Waals surface area contributed by atoms with Gasteiger partial charge in [0.15, 0.2) is 5.13 Å². The fraction of sp³-hybridized carbons (Fsp3) is 0.269. The highest BCUT2D eigenvalue weighted by Gasteiger charge is 2.29. The fourth-order valence-corrected chi connectivity index (χ4v) is 6.91. The molecule has 0 spiro atoms. The van der Waals surface area contributed by atoms with E-state index in [4.69, 9.17) is 11.6 Å². The molecule has 0 atom stereocenters. The van der Waals surface area contributed by atoms with Gasteiger partial charge in [-0.2, -0.15) is 4.31 Å². The lowest BCUT2D eigenvalue weighted by atomic mass is 10.0. The van der Waals surface area contributed by atoms with Crippen molar-refractivity contribution in [3.8, 4) is 0 Å². The second kappa shape index (κ2) is 10.3. The molecule has 1 saturated heterocycles. The fourth-order valence-electron chi connectivity index (χ4n) is 4.20. The van der Waals surface area contributed by atoms with Gasteiger partial charge in [-0.25, -0.2) is 13.4 Å². The van der Waals surface area contributed by atoms with Crippen LogP contribution in [0.4, 0.5) is 5.13 Å². The number of pyridine rings is 1. The molecule has 1 fully saturated rings. The first-order valence-corrected chi connectivity index (χ1v) is 14.3. The lowest BCUT2D eigenvalue weighted by molar-refractivity contribution is 0.0985. The third-order valence-corrected chi connectivity index (χ3v) is 9.55. The zero-order chi connectivity index (χ0) is 25.3. The van der Waals surface area contributed by atoms with E-state index in [1.165, 1.54) is 27.8 Å². The summed E-state index contributed by atoms with van der Waals surface area (Å²) in [5, 5.41) is 1.13. The number of carbonyl (C=O) groups excluding carboxylic acids is 1. The Bertz CT molecular complexity index is 1480. The summed E-state index contributed by atoms with van der Waals surface area (Å²) in [5.41, 5.74) is 1.98. The first-order valence-electron chi connectivity index (χ1n) is 11.7. The van der Waals surface area contributed by atoms with Crippen molar-refractivity contribution in [1.82, 2.24) is 14.3 Å². The predicted octanol–water partition coefficient (Wildman–Crippen LogP) is 5.61. The van der Waals surface area contributed by atoms with Gasteiger partial charge in [-0.05, 0) is 72.9 Å². The van der Waals surface area contributed by atoms with Crippen molar-refractivity contribution >= 4 is 54.2 Å². The van der Waals surface area contributed by atoms with E-state index in [9.17, 15) is 13.2 Å². The van der Waals surface area contributed by atoms with Crippen LogP contribution in [0, 0.1) is 5.92 Å². The Kier molecular flexibility index (Phi) is 7.07. The number of benzene rings is 2. The molecule has 10 heteroatoms. The number of sulfonamides is 1. The van der Waals surface area contributed by atoms with Crippen LogP contribution < -0.4 is 4.90 Å². The summed E-state index contributed by atoms with van der Waals surface area (Å²) < 4.78 is 28.6. The first kappa shape index (κ1) is 24.8. The monoisotopic (exact) mass is 540 g/mol. The Labute approximate surface area is 219 Å². The lowest BCUT2D eigenvalue weighted by Gasteiger charge is -2.29. The highest BCUT2D eigenvalue weighted by atomic mass is 35.5. The number of amides is 1. The van der Waals surface area contributed by atoms with Gasteiger partial charge in [0.25, 0.3) is 5.91 Å². The van der Waals surface area contributed by atoms with E-state index in [2.05, 4.69) is 16.9 Å². The van der Waals surface area contributed by atoms with E-state index in [0.29, 0.717) is 34.7 Å². The average Bonchev–Trinajstić information content (AvgIpc) is 3.31. The number of piperidine rings is 1. The quantitative estimate of drug-likeness (QED) is 0.317. The summed E-state index contributed by atoms with van der Waals surface area (Å²) in [4.78, 5) is 24.3. The largest absolute Gasteiger partial charge is 0.279 e. The Morgan fingerprint density at radius 1 is 1.14 bits per heavy atom. The van der Waals surface area contributed by atoms with Crippen LogP contribution in [0.5, 0.6) is 0 Å². The number of thiazole rings is 1. The number of halogens is 1. The van der Waals surface area contributed by atoms with Crippen LogP contribution in [-0.2, 0) is 16.6 Å². The molecule has 0 N–H and O–H groups in total. The summed E-state index contributed by atoms with van der Waals surface area (Å²) in [7, 11) is -3.59. The summed E-state index contributed by atoms with van der Waals surface area (Å²) in [6, 6.07) is 15.3. The molecule has 186 valence electrons. The van der Waals surface area contributed by atoms with Gasteiger partial charge in [0.1, 0.15) is 0 Å². The van der Waals surface area contributed by atoms with Crippen LogP contribution in [0.15, 0.2) is 71.9 Å². The molecule has 1 amide bonds. The van der Waals surface area contributed by atoms with Gasteiger partial charge in [0.05, 0.1) is 21.7 Å². The van der Waals surface area contributed by atoms with E-state index in [-0.39, 0.29) is 17.3 Å². The number of carbonyl (C=O) groups is 1. The van der Waals surface area contributed by atoms with Gasteiger partial charge in [-0.3, -0.25) is 14.7 Å². The zero-order valence-electron chi connectivity index (χ0n) is 19.7. The van der Waals surface area contributed by atoms with Crippen molar-refractivity contribution in [3.05, 3.63) is 83.1 Å². The normalized spacial score (nSPS) is 15.3.